The fraction of sp³-hybridized carbons (Fsp3) is 0.391. The summed E-state index contributed by atoms with van der Waals surface area (Å²) in [6.07, 6.45) is -0.962. The van der Waals surface area contributed by atoms with Gasteiger partial charge in [0.05, 0.1) is 25.2 Å². The fourth-order valence-corrected chi connectivity index (χ4v) is 4.69. The van der Waals surface area contributed by atoms with Crippen molar-refractivity contribution in [2.75, 3.05) is 46.3 Å². The van der Waals surface area contributed by atoms with Crippen molar-refractivity contribution < 1.29 is 23.8 Å². The van der Waals surface area contributed by atoms with Gasteiger partial charge in [0.15, 0.2) is 6.10 Å². The average Bonchev–Trinajstić information content (AvgIpc) is 2.86. The van der Waals surface area contributed by atoms with Crippen LogP contribution in [0.3, 0.4) is 0 Å². The highest BCUT2D eigenvalue weighted by Crippen LogP contribution is 2.47. The molecule has 31 heavy (non-hydrogen) atoms. The molecule has 7 nitrogen and oxygen atoms in total. The van der Waals surface area contributed by atoms with E-state index >= 15 is 0 Å². The summed E-state index contributed by atoms with van der Waals surface area (Å²) < 4.78 is 16.3. The summed E-state index contributed by atoms with van der Waals surface area (Å²) in [6.45, 7) is 2.45. The number of nitrogens with zero attached hydrogens (tertiary/aromatic N) is 2. The number of anilines is 1. The lowest BCUT2D eigenvalue weighted by atomic mass is 10.1. The molecule has 1 heterocycles. The third-order valence-electron chi connectivity index (χ3n) is 5.00. The smallest absolute Gasteiger partial charge is 0.303 e. The Kier molecular flexibility index (Phi) is 7.46. The Morgan fingerprint density at radius 3 is 2.29 bits per heavy atom. The van der Waals surface area contributed by atoms with E-state index in [1.807, 2.05) is 61.5 Å². The standard InChI is InChI=1S/C23H28N2O5S/c1-15(26)30-21-22(16-6-8-17(28-4)9-7-16)31-20-11-10-18(29-5)14-19(20)25(23(21)27)13-12-24(2)3/h6-11,14,21-22H,12-13H2,1-5H3/t21-,22+/m1/s1. The summed E-state index contributed by atoms with van der Waals surface area (Å²) in [5.41, 5.74) is 1.63. The van der Waals surface area contributed by atoms with Crippen molar-refractivity contribution in [2.24, 2.45) is 0 Å². The molecule has 0 aromatic heterocycles. The number of esters is 1. The molecule has 2 aromatic carbocycles. The van der Waals surface area contributed by atoms with E-state index in [0.717, 1.165) is 21.9 Å². The van der Waals surface area contributed by atoms with Crippen LogP contribution in [0.25, 0.3) is 0 Å². The Labute approximate surface area is 187 Å². The zero-order valence-electron chi connectivity index (χ0n) is 18.5. The van der Waals surface area contributed by atoms with Crippen LogP contribution >= 0.6 is 11.8 Å². The topological polar surface area (TPSA) is 68.3 Å². The second kappa shape index (κ2) is 10.1. The Morgan fingerprint density at radius 2 is 1.71 bits per heavy atom. The van der Waals surface area contributed by atoms with Gasteiger partial charge in [0.25, 0.3) is 5.91 Å². The van der Waals surface area contributed by atoms with Crippen LogP contribution in [0.4, 0.5) is 5.69 Å². The second-order valence-corrected chi connectivity index (χ2v) is 8.65. The van der Waals surface area contributed by atoms with Crippen LogP contribution in [0.2, 0.25) is 0 Å². The first-order valence-corrected chi connectivity index (χ1v) is 10.8. The molecular weight excluding hydrogens is 416 g/mol. The van der Waals surface area contributed by atoms with E-state index in [9.17, 15) is 9.59 Å². The number of benzene rings is 2. The van der Waals surface area contributed by atoms with Gasteiger partial charge in [-0.2, -0.15) is 0 Å². The number of rotatable bonds is 7. The third kappa shape index (κ3) is 5.32. The average molecular weight is 445 g/mol. The van der Waals surface area contributed by atoms with E-state index in [1.165, 1.54) is 18.7 Å². The van der Waals surface area contributed by atoms with Gasteiger partial charge in [-0.15, -0.1) is 11.8 Å². The monoisotopic (exact) mass is 444 g/mol. The Morgan fingerprint density at radius 1 is 1.06 bits per heavy atom. The molecule has 0 saturated heterocycles. The molecule has 8 heteroatoms. The van der Waals surface area contributed by atoms with Crippen molar-refractivity contribution in [3.8, 4) is 11.5 Å². The summed E-state index contributed by atoms with van der Waals surface area (Å²) in [4.78, 5) is 30.3. The lowest BCUT2D eigenvalue weighted by Gasteiger charge is -2.28. The number of hydrogen-bond acceptors (Lipinski definition) is 7. The van der Waals surface area contributed by atoms with Crippen molar-refractivity contribution >= 4 is 29.3 Å². The highest BCUT2D eigenvalue weighted by molar-refractivity contribution is 7.99. The van der Waals surface area contributed by atoms with E-state index in [4.69, 9.17) is 14.2 Å². The zero-order chi connectivity index (χ0) is 22.5. The van der Waals surface area contributed by atoms with Crippen molar-refractivity contribution in [1.82, 2.24) is 4.90 Å². The Bertz CT molecular complexity index is 932. The van der Waals surface area contributed by atoms with E-state index in [2.05, 4.69) is 0 Å². The van der Waals surface area contributed by atoms with Gasteiger partial charge in [-0.05, 0) is 43.9 Å². The maximum absolute atomic E-state index is 13.7. The first-order chi connectivity index (χ1) is 14.8. The molecule has 0 bridgehead atoms. The Hall–Kier alpha value is -2.71. The lowest BCUT2D eigenvalue weighted by molar-refractivity contribution is -0.152. The molecule has 0 radical (unpaired) electrons. The third-order valence-corrected chi connectivity index (χ3v) is 6.38. The number of likely N-dealkylation sites (N-methyl/N-ethyl adjacent to an activating group) is 1. The molecule has 2 atom stereocenters. The van der Waals surface area contributed by atoms with Crippen molar-refractivity contribution in [3.05, 3.63) is 48.0 Å². The normalized spacial score (nSPS) is 18.4. The van der Waals surface area contributed by atoms with Gasteiger partial charge in [-0.25, -0.2) is 0 Å². The molecular formula is C23H28N2O5S. The maximum Gasteiger partial charge on any atom is 0.303 e. The quantitative estimate of drug-likeness (QED) is 0.607. The van der Waals surface area contributed by atoms with Crippen molar-refractivity contribution in [3.63, 3.8) is 0 Å². The summed E-state index contributed by atoms with van der Waals surface area (Å²) in [5, 5.41) is -0.404. The molecule has 0 saturated carbocycles. The van der Waals surface area contributed by atoms with E-state index < -0.39 is 17.3 Å². The highest BCUT2D eigenvalue weighted by atomic mass is 32.2. The molecule has 3 rings (SSSR count). The number of carbonyl (C=O) groups excluding carboxylic acids is 2. The largest absolute Gasteiger partial charge is 0.497 e. The first kappa shape index (κ1) is 23.0. The predicted octanol–water partition coefficient (Wildman–Crippen LogP) is 3.38. The van der Waals surface area contributed by atoms with Gasteiger partial charge in [0, 0.05) is 31.0 Å². The molecule has 2 aromatic rings. The number of hydrogen-bond donors (Lipinski definition) is 0. The number of amides is 1. The maximum atomic E-state index is 13.7. The number of fused-ring (bicyclic) bond motifs is 1. The number of carbonyl (C=O) groups is 2. The fourth-order valence-electron chi connectivity index (χ4n) is 3.39. The zero-order valence-corrected chi connectivity index (χ0v) is 19.3. The molecule has 1 aliphatic heterocycles. The number of methoxy groups -OCH3 is 2. The van der Waals surface area contributed by atoms with E-state index in [-0.39, 0.29) is 5.91 Å². The second-order valence-electron chi connectivity index (χ2n) is 7.47. The van der Waals surface area contributed by atoms with Crippen LogP contribution in [0.5, 0.6) is 11.5 Å². The van der Waals surface area contributed by atoms with Gasteiger partial charge in [0.2, 0.25) is 0 Å². The van der Waals surface area contributed by atoms with Gasteiger partial charge >= 0.3 is 5.97 Å². The minimum Gasteiger partial charge on any atom is -0.497 e. The van der Waals surface area contributed by atoms with Crippen LogP contribution in [-0.2, 0) is 14.3 Å². The van der Waals surface area contributed by atoms with E-state index in [0.29, 0.717) is 18.8 Å². The summed E-state index contributed by atoms with van der Waals surface area (Å²) in [6, 6.07) is 13.2. The van der Waals surface area contributed by atoms with Gasteiger partial charge in [-0.3, -0.25) is 9.59 Å². The van der Waals surface area contributed by atoms with Crippen LogP contribution in [0, 0.1) is 0 Å². The summed E-state index contributed by atoms with van der Waals surface area (Å²) >= 11 is 1.51. The highest BCUT2D eigenvalue weighted by Gasteiger charge is 2.41. The minimum atomic E-state index is -0.962. The summed E-state index contributed by atoms with van der Waals surface area (Å²) in [5.74, 6) is 0.635. The molecule has 0 N–H and O–H groups in total. The SMILES string of the molecule is COc1ccc([C@@H]2Sc3ccc(OC)cc3N(CCN(C)C)C(=O)[C@@H]2OC(C)=O)cc1. The molecule has 166 valence electrons. The van der Waals surface area contributed by atoms with Crippen LogP contribution in [-0.4, -0.2) is 64.3 Å². The molecule has 0 spiro atoms. The van der Waals surface area contributed by atoms with Crippen LogP contribution in [0.1, 0.15) is 17.7 Å². The minimum absolute atomic E-state index is 0.252. The van der Waals surface area contributed by atoms with Crippen LogP contribution < -0.4 is 14.4 Å². The van der Waals surface area contributed by atoms with Gasteiger partial charge < -0.3 is 24.0 Å². The number of ether oxygens (including phenoxy) is 3. The van der Waals surface area contributed by atoms with Gasteiger partial charge in [-0.1, -0.05) is 12.1 Å². The molecule has 0 aliphatic carbocycles. The summed E-state index contributed by atoms with van der Waals surface area (Å²) in [7, 11) is 7.10. The Balaban J connectivity index is 2.10. The first-order valence-electron chi connectivity index (χ1n) is 9.96. The van der Waals surface area contributed by atoms with Gasteiger partial charge in [0.1, 0.15) is 11.5 Å². The van der Waals surface area contributed by atoms with E-state index in [1.54, 1.807) is 19.1 Å². The van der Waals surface area contributed by atoms with Crippen LogP contribution in [0.15, 0.2) is 47.4 Å². The lowest BCUT2D eigenvalue weighted by Crippen LogP contribution is -2.45. The predicted molar refractivity (Wildman–Crippen MR) is 121 cm³/mol. The molecule has 1 aliphatic rings. The van der Waals surface area contributed by atoms with Crippen molar-refractivity contribution in [1.29, 1.82) is 0 Å². The van der Waals surface area contributed by atoms with Crippen molar-refractivity contribution in [2.45, 2.75) is 23.2 Å². The molecule has 1 amide bonds. The molecule has 0 fully saturated rings. The number of thioether (sulfide) groups is 1. The molecule has 0 unspecified atom stereocenters.